The second-order valence-corrected chi connectivity index (χ2v) is 12.3. The number of pyridine rings is 1. The number of nitrogens with one attached hydrogen (secondary N) is 2. The Bertz CT molecular complexity index is 1820. The summed E-state index contributed by atoms with van der Waals surface area (Å²) in [6.07, 6.45) is 0.576. The third-order valence-electron chi connectivity index (χ3n) is 9.24. The maximum Gasteiger partial charge on any atom is 0.335 e. The van der Waals surface area contributed by atoms with Gasteiger partial charge in [-0.15, -0.1) is 0 Å². The number of halogens is 3. The molecule has 1 amide bonds. The highest BCUT2D eigenvalue weighted by molar-refractivity contribution is 6.31. The number of ether oxygens (including phenoxy) is 1. The number of fused-ring (bicyclic) bond motifs is 3. The Hall–Kier alpha value is -4.02. The topological polar surface area (TPSA) is 104 Å². The summed E-state index contributed by atoms with van der Waals surface area (Å²) in [6, 6.07) is 22.0. The first-order valence-corrected chi connectivity index (χ1v) is 15.5. The number of nitrogens with zero attached hydrogens (tertiary/aromatic N) is 2. The fourth-order valence-corrected chi connectivity index (χ4v) is 7.83. The van der Waals surface area contributed by atoms with Crippen molar-refractivity contribution >= 4 is 40.9 Å². The van der Waals surface area contributed by atoms with E-state index in [1.807, 2.05) is 31.2 Å². The summed E-state index contributed by atoms with van der Waals surface area (Å²) in [4.78, 5) is 32.6. The van der Waals surface area contributed by atoms with Crippen LogP contribution in [0.25, 0.3) is 0 Å². The summed E-state index contributed by atoms with van der Waals surface area (Å²) in [5.41, 5.74) is 1.58. The zero-order valence-corrected chi connectivity index (χ0v) is 25.6. The molecule has 230 valence electrons. The number of carboxylic acid groups (broad SMARTS) is 1. The lowest BCUT2D eigenvalue weighted by atomic mass is 9.74. The maximum absolute atomic E-state index is 16.1. The summed E-state index contributed by atoms with van der Waals surface area (Å²) < 4.78 is 21.9. The van der Waals surface area contributed by atoms with Crippen LogP contribution in [0.3, 0.4) is 0 Å². The lowest BCUT2D eigenvalue weighted by molar-refractivity contribution is -0.128. The molecule has 4 aromatic rings. The molecule has 1 aromatic heterocycles. The number of rotatable bonds is 7. The van der Waals surface area contributed by atoms with E-state index in [0.29, 0.717) is 42.3 Å². The first-order valence-electron chi connectivity index (χ1n) is 14.7. The summed E-state index contributed by atoms with van der Waals surface area (Å²) in [5, 5.41) is 16.3. The molecule has 0 aliphatic carbocycles. The fourth-order valence-electron chi connectivity index (χ4n) is 7.50. The van der Waals surface area contributed by atoms with Gasteiger partial charge in [0, 0.05) is 36.2 Å². The molecule has 4 heterocycles. The molecule has 2 fully saturated rings. The fraction of sp³-hybridized carbons (Fsp3) is 0.265. The second-order valence-electron chi connectivity index (χ2n) is 11.6. The number of carboxylic acids is 1. The Morgan fingerprint density at radius 3 is 2.64 bits per heavy atom. The average molecular weight is 648 g/mol. The largest absolute Gasteiger partial charge is 0.494 e. The zero-order chi connectivity index (χ0) is 31.5. The standard InChI is InChI=1S/C34H29Cl2FN4O4/c1-2-45-21-6-3-5-18(15-21)17-41-26-16-25(19-9-11-20(12-10-19)32(42)43)38-30(26)28(22-7-4-8-24(35)29(22)37)34(41)23-13-14-27(36)39-31(23)40-33(34)44/h3-15,25-26,28,30,38H,2,16-17H2,1H3,(H,42,43)(H,39,40,44)/t25-,26+,28+,30-,34-/m1/s1. The number of amides is 1. The van der Waals surface area contributed by atoms with Crippen LogP contribution in [-0.2, 0) is 16.9 Å². The predicted molar refractivity (Wildman–Crippen MR) is 168 cm³/mol. The van der Waals surface area contributed by atoms with Crippen molar-refractivity contribution in [3.63, 3.8) is 0 Å². The van der Waals surface area contributed by atoms with Crippen LogP contribution >= 0.6 is 23.2 Å². The van der Waals surface area contributed by atoms with Gasteiger partial charge in [0.05, 0.1) is 17.2 Å². The molecule has 0 bridgehead atoms. The highest BCUT2D eigenvalue weighted by Crippen LogP contribution is 2.60. The van der Waals surface area contributed by atoms with Crippen molar-refractivity contribution in [3.05, 3.63) is 123 Å². The number of benzene rings is 3. The summed E-state index contributed by atoms with van der Waals surface area (Å²) >= 11 is 12.6. The van der Waals surface area contributed by atoms with Gasteiger partial charge in [-0.25, -0.2) is 14.2 Å². The second kappa shape index (κ2) is 11.4. The molecular weight excluding hydrogens is 618 g/mol. The van der Waals surface area contributed by atoms with Crippen molar-refractivity contribution in [2.75, 3.05) is 11.9 Å². The number of carbonyl (C=O) groups is 2. The van der Waals surface area contributed by atoms with Crippen molar-refractivity contribution in [3.8, 4) is 5.75 Å². The van der Waals surface area contributed by atoms with E-state index in [4.69, 9.17) is 27.9 Å². The van der Waals surface area contributed by atoms with Crippen LogP contribution in [0, 0.1) is 5.82 Å². The minimum Gasteiger partial charge on any atom is -0.494 e. The third kappa shape index (κ3) is 4.77. The number of carbonyl (C=O) groups excluding carboxylic acids is 1. The smallest absolute Gasteiger partial charge is 0.335 e. The summed E-state index contributed by atoms with van der Waals surface area (Å²) in [5.74, 6) is -1.57. The molecule has 1 spiro atoms. The molecule has 45 heavy (non-hydrogen) atoms. The van der Waals surface area contributed by atoms with Crippen LogP contribution in [-0.4, -0.2) is 45.6 Å². The van der Waals surface area contributed by atoms with Crippen LogP contribution in [0.15, 0.2) is 78.9 Å². The number of hydrogen-bond acceptors (Lipinski definition) is 6. The molecule has 2 saturated heterocycles. The lowest BCUT2D eigenvalue weighted by Gasteiger charge is -2.40. The number of aromatic carboxylic acids is 1. The molecule has 0 radical (unpaired) electrons. The van der Waals surface area contributed by atoms with Crippen molar-refractivity contribution in [2.45, 2.75) is 49.5 Å². The Labute approximate surface area is 269 Å². The number of aromatic nitrogens is 1. The average Bonchev–Trinajstić information content (AvgIpc) is 3.65. The van der Waals surface area contributed by atoms with E-state index in [1.165, 1.54) is 6.07 Å². The van der Waals surface area contributed by atoms with Crippen LogP contribution in [0.4, 0.5) is 10.2 Å². The molecule has 3 aliphatic heterocycles. The third-order valence-corrected chi connectivity index (χ3v) is 9.74. The molecule has 7 rings (SSSR count). The molecule has 5 atom stereocenters. The lowest BCUT2D eigenvalue weighted by Crippen LogP contribution is -2.52. The maximum atomic E-state index is 16.1. The Morgan fingerprint density at radius 2 is 1.89 bits per heavy atom. The van der Waals surface area contributed by atoms with Crippen LogP contribution in [0.5, 0.6) is 5.75 Å². The van der Waals surface area contributed by atoms with Gasteiger partial charge in [-0.05, 0) is 72.5 Å². The molecule has 3 N–H and O–H groups in total. The first-order chi connectivity index (χ1) is 21.7. The van der Waals surface area contributed by atoms with Crippen molar-refractivity contribution in [1.82, 2.24) is 15.2 Å². The summed E-state index contributed by atoms with van der Waals surface area (Å²) in [7, 11) is 0. The van der Waals surface area contributed by atoms with E-state index < -0.39 is 29.3 Å². The van der Waals surface area contributed by atoms with E-state index in [2.05, 4.69) is 20.5 Å². The molecule has 3 aromatic carbocycles. The Kier molecular flexibility index (Phi) is 7.52. The quantitative estimate of drug-likeness (QED) is 0.196. The van der Waals surface area contributed by atoms with Crippen molar-refractivity contribution in [1.29, 1.82) is 0 Å². The van der Waals surface area contributed by atoms with Gasteiger partial charge >= 0.3 is 5.97 Å². The van der Waals surface area contributed by atoms with Crippen molar-refractivity contribution in [2.24, 2.45) is 0 Å². The van der Waals surface area contributed by atoms with E-state index in [0.717, 1.165) is 11.1 Å². The van der Waals surface area contributed by atoms with Gasteiger partial charge < -0.3 is 20.5 Å². The van der Waals surface area contributed by atoms with Gasteiger partial charge in [0.2, 0.25) is 0 Å². The molecule has 8 nitrogen and oxygen atoms in total. The number of anilines is 1. The van der Waals surface area contributed by atoms with Crippen LogP contribution in [0.2, 0.25) is 10.2 Å². The van der Waals surface area contributed by atoms with Gasteiger partial charge in [-0.1, -0.05) is 59.6 Å². The first kappa shape index (κ1) is 29.7. The molecular formula is C34H29Cl2FN4O4. The highest BCUT2D eigenvalue weighted by atomic mass is 35.5. The molecule has 11 heteroatoms. The minimum absolute atomic E-state index is 0.0336. The normalized spacial score (nSPS) is 25.3. The predicted octanol–water partition coefficient (Wildman–Crippen LogP) is 6.54. The Balaban J connectivity index is 1.41. The van der Waals surface area contributed by atoms with Gasteiger partial charge in [0.15, 0.2) is 0 Å². The zero-order valence-electron chi connectivity index (χ0n) is 24.1. The van der Waals surface area contributed by atoms with E-state index in [-0.39, 0.29) is 33.7 Å². The van der Waals surface area contributed by atoms with E-state index in [1.54, 1.807) is 48.5 Å². The Morgan fingerprint density at radius 1 is 1.11 bits per heavy atom. The number of hydrogen-bond donors (Lipinski definition) is 3. The van der Waals surface area contributed by atoms with Crippen molar-refractivity contribution < 1.29 is 23.8 Å². The van der Waals surface area contributed by atoms with Gasteiger partial charge in [0.25, 0.3) is 5.91 Å². The number of likely N-dealkylation sites (tertiary alicyclic amines) is 1. The molecule has 0 unspecified atom stereocenters. The minimum atomic E-state index is -1.36. The van der Waals surface area contributed by atoms with Gasteiger partial charge in [-0.3, -0.25) is 9.69 Å². The SMILES string of the molecule is CCOc1cccc(CN2[C@H]3C[C@H](c4ccc(C(=O)O)cc4)N[C@H]3[C@H](c3cccc(Cl)c3F)[C@]23C(=O)Nc2nc(Cl)ccc23)c1. The molecule has 3 aliphatic rings. The summed E-state index contributed by atoms with van der Waals surface area (Å²) in [6.45, 7) is 2.77. The molecule has 0 saturated carbocycles. The van der Waals surface area contributed by atoms with Gasteiger partial charge in [-0.2, -0.15) is 0 Å². The van der Waals surface area contributed by atoms with Crippen LogP contribution in [0.1, 0.15) is 57.9 Å². The van der Waals surface area contributed by atoms with Gasteiger partial charge in [0.1, 0.15) is 28.1 Å². The highest BCUT2D eigenvalue weighted by Gasteiger charge is 2.69. The van der Waals surface area contributed by atoms with Crippen LogP contribution < -0.4 is 15.4 Å². The monoisotopic (exact) mass is 646 g/mol. The van der Waals surface area contributed by atoms with E-state index >= 15 is 4.39 Å². The van der Waals surface area contributed by atoms with E-state index in [9.17, 15) is 14.7 Å².